The number of rotatable bonds is 3. The minimum Gasteiger partial charge on any atom is -0.464 e. The first-order valence-corrected chi connectivity index (χ1v) is 6.82. The maximum Gasteiger partial charge on any atom is 0.317 e. The van der Waals surface area contributed by atoms with E-state index < -0.39 is 0 Å². The molecule has 1 fully saturated rings. The Labute approximate surface area is 121 Å². The van der Waals surface area contributed by atoms with Gasteiger partial charge in [-0.3, -0.25) is 0 Å². The summed E-state index contributed by atoms with van der Waals surface area (Å²) >= 11 is 0. The predicted octanol–water partition coefficient (Wildman–Crippen LogP) is 1.86. The fourth-order valence-corrected chi connectivity index (χ4v) is 2.24. The van der Waals surface area contributed by atoms with Gasteiger partial charge < -0.3 is 23.9 Å². The minimum absolute atomic E-state index is 0.144. The van der Waals surface area contributed by atoms with Crippen molar-refractivity contribution in [3.8, 4) is 0 Å². The number of carbonyl (C=O) groups is 1. The number of urea groups is 1. The van der Waals surface area contributed by atoms with E-state index in [1.807, 2.05) is 19.1 Å². The zero-order valence-electron chi connectivity index (χ0n) is 11.7. The van der Waals surface area contributed by atoms with Gasteiger partial charge in [0.25, 0.3) is 0 Å². The van der Waals surface area contributed by atoms with Gasteiger partial charge in [0.15, 0.2) is 0 Å². The number of aromatic nitrogens is 1. The van der Waals surface area contributed by atoms with E-state index >= 15 is 0 Å². The predicted molar refractivity (Wildman–Crippen MR) is 72.4 cm³/mol. The third-order valence-electron chi connectivity index (χ3n) is 3.34. The molecule has 0 unspecified atom stereocenters. The van der Waals surface area contributed by atoms with Crippen LogP contribution in [-0.4, -0.2) is 35.8 Å². The van der Waals surface area contributed by atoms with Crippen molar-refractivity contribution >= 4 is 6.03 Å². The van der Waals surface area contributed by atoms with E-state index in [9.17, 15) is 4.79 Å². The number of carbonyl (C=O) groups excluding carboxylic acids is 1. The van der Waals surface area contributed by atoms with Crippen LogP contribution in [0.3, 0.4) is 0 Å². The first-order valence-electron chi connectivity index (χ1n) is 6.82. The lowest BCUT2D eigenvalue weighted by molar-refractivity contribution is -0.0263. The summed E-state index contributed by atoms with van der Waals surface area (Å²) in [5.74, 6) is 1.59. The summed E-state index contributed by atoms with van der Waals surface area (Å²) in [4.78, 5) is 13.9. The zero-order chi connectivity index (χ0) is 14.7. The van der Waals surface area contributed by atoms with Crippen LogP contribution in [-0.2, 0) is 11.3 Å². The van der Waals surface area contributed by atoms with Crippen LogP contribution in [0.2, 0.25) is 0 Å². The number of furan rings is 1. The van der Waals surface area contributed by atoms with Crippen LogP contribution in [0, 0.1) is 6.92 Å². The molecule has 1 aliphatic heterocycles. The highest BCUT2D eigenvalue weighted by Gasteiger charge is 2.27. The van der Waals surface area contributed by atoms with Gasteiger partial charge in [-0.2, -0.15) is 0 Å². The van der Waals surface area contributed by atoms with Crippen LogP contribution in [0.5, 0.6) is 0 Å². The molecule has 7 nitrogen and oxygen atoms in total. The van der Waals surface area contributed by atoms with E-state index in [1.54, 1.807) is 11.0 Å². The maximum atomic E-state index is 12.1. The molecule has 2 aromatic rings. The number of amides is 2. The Bertz CT molecular complexity index is 593. The average Bonchev–Trinajstić information content (AvgIpc) is 3.16. The van der Waals surface area contributed by atoms with Gasteiger partial charge >= 0.3 is 6.03 Å². The van der Waals surface area contributed by atoms with Gasteiger partial charge in [-0.25, -0.2) is 4.79 Å². The maximum absolute atomic E-state index is 12.1. The normalized spacial score (nSPS) is 18.7. The summed E-state index contributed by atoms with van der Waals surface area (Å²) in [7, 11) is 0. The number of nitrogens with zero attached hydrogens (tertiary/aromatic N) is 2. The van der Waals surface area contributed by atoms with Crippen molar-refractivity contribution in [3.63, 3.8) is 0 Å². The Morgan fingerprint density at radius 3 is 3.10 bits per heavy atom. The molecule has 2 amide bonds. The summed E-state index contributed by atoms with van der Waals surface area (Å²) in [6.07, 6.45) is 1.26. The molecule has 2 aromatic heterocycles. The molecule has 1 atom stereocenters. The number of hydrogen-bond acceptors (Lipinski definition) is 5. The molecule has 0 aliphatic carbocycles. The van der Waals surface area contributed by atoms with Crippen molar-refractivity contribution in [1.82, 2.24) is 15.4 Å². The van der Waals surface area contributed by atoms with E-state index in [2.05, 4.69) is 10.5 Å². The largest absolute Gasteiger partial charge is 0.464 e. The fourth-order valence-electron chi connectivity index (χ4n) is 2.24. The second-order valence-corrected chi connectivity index (χ2v) is 4.90. The van der Waals surface area contributed by atoms with Crippen LogP contribution in [0.25, 0.3) is 0 Å². The molecule has 7 heteroatoms. The number of ether oxygens (including phenoxy) is 1. The number of morpholine rings is 1. The molecule has 3 rings (SSSR count). The molecule has 0 aromatic carbocycles. The lowest BCUT2D eigenvalue weighted by Gasteiger charge is -2.31. The van der Waals surface area contributed by atoms with E-state index in [1.165, 1.54) is 6.26 Å². The molecule has 1 N–H and O–H groups in total. The highest BCUT2D eigenvalue weighted by molar-refractivity contribution is 5.74. The lowest BCUT2D eigenvalue weighted by atomic mass is 10.2. The van der Waals surface area contributed by atoms with Gasteiger partial charge in [0.05, 0.1) is 19.7 Å². The Morgan fingerprint density at radius 2 is 2.38 bits per heavy atom. The summed E-state index contributed by atoms with van der Waals surface area (Å²) < 4.78 is 16.0. The fraction of sp³-hybridized carbons (Fsp3) is 0.429. The van der Waals surface area contributed by atoms with E-state index in [4.69, 9.17) is 13.7 Å². The number of nitrogens with one attached hydrogen (secondary N) is 1. The van der Waals surface area contributed by atoms with E-state index in [0.717, 1.165) is 11.5 Å². The molecular formula is C14H17N3O4. The van der Waals surface area contributed by atoms with Crippen molar-refractivity contribution in [2.75, 3.05) is 19.7 Å². The van der Waals surface area contributed by atoms with Gasteiger partial charge in [-0.15, -0.1) is 0 Å². The summed E-state index contributed by atoms with van der Waals surface area (Å²) in [5, 5.41) is 6.56. The van der Waals surface area contributed by atoms with Crippen LogP contribution < -0.4 is 5.32 Å². The van der Waals surface area contributed by atoms with Crippen LogP contribution in [0.15, 0.2) is 33.4 Å². The lowest BCUT2D eigenvalue weighted by Crippen LogP contribution is -2.46. The topological polar surface area (TPSA) is 80.7 Å². The quantitative estimate of drug-likeness (QED) is 0.933. The third-order valence-corrected chi connectivity index (χ3v) is 3.34. The van der Waals surface area contributed by atoms with Crippen LogP contribution >= 0.6 is 0 Å². The van der Waals surface area contributed by atoms with Gasteiger partial charge in [0.2, 0.25) is 0 Å². The highest BCUT2D eigenvalue weighted by Crippen LogP contribution is 2.23. The third kappa shape index (κ3) is 3.25. The monoisotopic (exact) mass is 291 g/mol. The highest BCUT2D eigenvalue weighted by atomic mass is 16.5. The molecule has 0 bridgehead atoms. The molecule has 1 aliphatic rings. The van der Waals surface area contributed by atoms with Crippen molar-refractivity contribution in [2.24, 2.45) is 0 Å². The molecule has 0 saturated carbocycles. The summed E-state index contributed by atoms with van der Waals surface area (Å²) in [6, 6.07) is 5.35. The van der Waals surface area contributed by atoms with Crippen molar-refractivity contribution in [3.05, 3.63) is 41.7 Å². The average molecular weight is 291 g/mol. The first-order chi connectivity index (χ1) is 10.2. The Balaban J connectivity index is 1.56. The molecule has 1 saturated heterocycles. The van der Waals surface area contributed by atoms with E-state index in [-0.39, 0.29) is 12.1 Å². The number of hydrogen-bond donors (Lipinski definition) is 1. The molecule has 21 heavy (non-hydrogen) atoms. The Hall–Kier alpha value is -2.28. The Morgan fingerprint density at radius 1 is 1.48 bits per heavy atom. The zero-order valence-corrected chi connectivity index (χ0v) is 11.7. The van der Waals surface area contributed by atoms with Crippen molar-refractivity contribution < 1.29 is 18.5 Å². The molecule has 0 spiro atoms. The molecule has 112 valence electrons. The second kappa shape index (κ2) is 6.01. The summed E-state index contributed by atoms with van der Waals surface area (Å²) in [5.41, 5.74) is 0.690. The standard InChI is InChI=1S/C14H17N3O4/c1-10-2-3-12(21-10)13-9-17(5-7-19-13)14(18)15-8-11-4-6-20-16-11/h2-4,6,13H,5,7-9H2,1H3,(H,15,18)/t13-/m1/s1. The van der Waals surface area contributed by atoms with Gasteiger partial charge in [-0.05, 0) is 19.1 Å². The van der Waals surface area contributed by atoms with Gasteiger partial charge in [-0.1, -0.05) is 5.16 Å². The van der Waals surface area contributed by atoms with Crippen molar-refractivity contribution in [1.29, 1.82) is 0 Å². The molecular weight excluding hydrogens is 274 g/mol. The molecule has 0 radical (unpaired) electrons. The molecule has 3 heterocycles. The van der Waals surface area contributed by atoms with Crippen LogP contribution in [0.4, 0.5) is 4.79 Å². The minimum atomic E-state index is -0.217. The number of aryl methyl sites for hydroxylation is 1. The SMILES string of the molecule is Cc1ccc([C@H]2CN(C(=O)NCc3ccon3)CCO2)o1. The smallest absolute Gasteiger partial charge is 0.317 e. The van der Waals surface area contributed by atoms with E-state index in [0.29, 0.717) is 31.9 Å². The first kappa shape index (κ1) is 13.7. The second-order valence-electron chi connectivity index (χ2n) is 4.90. The van der Waals surface area contributed by atoms with Gasteiger partial charge in [0, 0.05) is 12.6 Å². The summed E-state index contributed by atoms with van der Waals surface area (Å²) in [6.45, 7) is 3.74. The van der Waals surface area contributed by atoms with Crippen molar-refractivity contribution in [2.45, 2.75) is 19.6 Å². The van der Waals surface area contributed by atoms with Gasteiger partial charge in [0.1, 0.15) is 29.6 Å². The van der Waals surface area contributed by atoms with Crippen LogP contribution in [0.1, 0.15) is 23.3 Å². The Kier molecular flexibility index (Phi) is 3.92.